The van der Waals surface area contributed by atoms with Crippen molar-refractivity contribution in [1.29, 1.82) is 0 Å². The van der Waals surface area contributed by atoms with Gasteiger partial charge >= 0.3 is 29.6 Å². The average Bonchev–Trinajstić information content (AvgIpc) is 0. The van der Waals surface area contributed by atoms with Crippen molar-refractivity contribution >= 4 is 24.4 Å². The summed E-state index contributed by atoms with van der Waals surface area (Å²) in [6, 6.07) is 0. The van der Waals surface area contributed by atoms with Gasteiger partial charge in [0.1, 0.15) is 0 Å². The van der Waals surface area contributed by atoms with E-state index in [-0.39, 0.29) is 75.9 Å². The SMILES string of the molecule is O.O.O.[Na+].[OH-].[Sb]. The molecule has 3 radical (unpaired) electrons. The molecule has 0 aromatic heterocycles. The Labute approximate surface area is 75.3 Å². The molecule has 4 nitrogen and oxygen atoms in total. The monoisotopic (exact) mass is 215 g/mol. The van der Waals surface area contributed by atoms with Crippen LogP contribution in [-0.4, -0.2) is 46.3 Å². The van der Waals surface area contributed by atoms with E-state index in [1.165, 1.54) is 0 Å². The molecule has 0 aromatic carbocycles. The first-order valence-corrected chi connectivity index (χ1v) is 0. The van der Waals surface area contributed by atoms with Crippen LogP contribution in [0.3, 0.4) is 0 Å². The third-order valence-electron chi connectivity index (χ3n) is 0. The molecule has 0 aliphatic rings. The van der Waals surface area contributed by atoms with Crippen LogP contribution in [0, 0.1) is 0 Å². The fourth-order valence-corrected chi connectivity index (χ4v) is 0. The predicted octanol–water partition coefficient (Wildman–Crippen LogP) is -6.03. The van der Waals surface area contributed by atoms with Crippen LogP contribution in [0.15, 0.2) is 0 Å². The molecular formula is H7NaO4Sb. The normalized spacial score (nSPS) is 0. The summed E-state index contributed by atoms with van der Waals surface area (Å²) in [6.07, 6.45) is 0. The molecule has 0 aromatic rings. The topological polar surface area (TPSA) is 124 Å². The van der Waals surface area contributed by atoms with Crippen molar-refractivity contribution in [2.75, 3.05) is 0 Å². The van der Waals surface area contributed by atoms with E-state index in [0.29, 0.717) is 0 Å². The van der Waals surface area contributed by atoms with Gasteiger partial charge in [0.05, 0.1) is 0 Å². The Kier molecular flexibility index (Phi) is 1600. The summed E-state index contributed by atoms with van der Waals surface area (Å²) in [5.41, 5.74) is 0. The van der Waals surface area contributed by atoms with Crippen LogP contribution in [0.2, 0.25) is 0 Å². The van der Waals surface area contributed by atoms with Crippen molar-refractivity contribution < 1.29 is 51.5 Å². The van der Waals surface area contributed by atoms with Gasteiger partial charge in [-0.15, -0.1) is 0 Å². The molecule has 0 saturated carbocycles. The predicted molar refractivity (Wildman–Crippen MR) is 18.5 cm³/mol. The molecule has 0 saturated heterocycles. The van der Waals surface area contributed by atoms with E-state index >= 15 is 0 Å². The molecule has 0 rings (SSSR count). The third kappa shape index (κ3) is 44.7. The van der Waals surface area contributed by atoms with E-state index in [9.17, 15) is 0 Å². The van der Waals surface area contributed by atoms with Crippen molar-refractivity contribution in [3.05, 3.63) is 0 Å². The molecule has 0 spiro atoms. The second-order valence-corrected chi connectivity index (χ2v) is 0. The van der Waals surface area contributed by atoms with Crippen molar-refractivity contribution in [3.63, 3.8) is 0 Å². The minimum absolute atomic E-state index is 0. The van der Waals surface area contributed by atoms with Gasteiger partial charge in [-0.3, -0.25) is 0 Å². The van der Waals surface area contributed by atoms with E-state index < -0.39 is 0 Å². The van der Waals surface area contributed by atoms with Crippen LogP contribution in [0.5, 0.6) is 0 Å². The molecule has 0 heterocycles. The van der Waals surface area contributed by atoms with Gasteiger partial charge in [0.25, 0.3) is 0 Å². The summed E-state index contributed by atoms with van der Waals surface area (Å²) in [5, 5.41) is 0. The minimum atomic E-state index is 0. The van der Waals surface area contributed by atoms with Crippen LogP contribution in [0.1, 0.15) is 0 Å². The van der Waals surface area contributed by atoms with Crippen LogP contribution >= 0.6 is 0 Å². The van der Waals surface area contributed by atoms with Gasteiger partial charge in [-0.05, 0) is 0 Å². The first kappa shape index (κ1) is 123. The van der Waals surface area contributed by atoms with Gasteiger partial charge in [0, 0.05) is 24.4 Å². The van der Waals surface area contributed by atoms with Crippen molar-refractivity contribution in [1.82, 2.24) is 0 Å². The molecule has 0 bridgehead atoms. The van der Waals surface area contributed by atoms with Gasteiger partial charge in [-0.25, -0.2) is 0 Å². The van der Waals surface area contributed by atoms with E-state index in [0.717, 1.165) is 0 Å². The van der Waals surface area contributed by atoms with Crippen LogP contribution in [0.4, 0.5) is 0 Å². The Balaban J connectivity index is 0. The van der Waals surface area contributed by atoms with Gasteiger partial charge < -0.3 is 21.9 Å². The zero-order valence-corrected chi connectivity index (χ0v) is 7.95. The Bertz CT molecular complexity index is 7.51. The van der Waals surface area contributed by atoms with Gasteiger partial charge in [-0.2, -0.15) is 0 Å². The largest absolute Gasteiger partial charge is 1.00 e. The van der Waals surface area contributed by atoms with E-state index in [2.05, 4.69) is 0 Å². The van der Waals surface area contributed by atoms with Crippen LogP contribution < -0.4 is 29.6 Å². The van der Waals surface area contributed by atoms with Gasteiger partial charge in [0.15, 0.2) is 0 Å². The fraction of sp³-hybridized carbons (Fsp3) is 0. The third-order valence-corrected chi connectivity index (χ3v) is 0. The van der Waals surface area contributed by atoms with Crippen molar-refractivity contribution in [3.8, 4) is 0 Å². The molecule has 0 aliphatic heterocycles. The zero-order chi connectivity index (χ0) is 0. The maximum Gasteiger partial charge on any atom is 1.00 e. The quantitative estimate of drug-likeness (QED) is 0.367. The molecule has 0 amide bonds. The standard InChI is InChI=1S/Na.4H2O.Sb/h;4*1H2;/q+1;;;;;/p-1. The molecule has 0 fully saturated rings. The molecule has 0 unspecified atom stereocenters. The van der Waals surface area contributed by atoms with E-state index in [4.69, 9.17) is 0 Å². The summed E-state index contributed by atoms with van der Waals surface area (Å²) < 4.78 is 0. The Hall–Kier alpha value is 1.66. The Morgan fingerprint density at radius 1 is 0.667 bits per heavy atom. The molecular weight excluding hydrogens is 209 g/mol. The first-order chi connectivity index (χ1) is 0. The Morgan fingerprint density at radius 2 is 0.667 bits per heavy atom. The molecule has 0 atom stereocenters. The summed E-state index contributed by atoms with van der Waals surface area (Å²) in [4.78, 5) is 0. The van der Waals surface area contributed by atoms with Gasteiger partial charge in [0.2, 0.25) is 0 Å². The second-order valence-electron chi connectivity index (χ2n) is 0. The summed E-state index contributed by atoms with van der Waals surface area (Å²) in [5.74, 6) is 0. The second kappa shape index (κ2) is 77.5. The summed E-state index contributed by atoms with van der Waals surface area (Å²) in [6.45, 7) is 0. The summed E-state index contributed by atoms with van der Waals surface area (Å²) in [7, 11) is 0. The minimum Gasteiger partial charge on any atom is -0.870 e. The first-order valence-electron chi connectivity index (χ1n) is 0. The summed E-state index contributed by atoms with van der Waals surface area (Å²) >= 11 is 0. The number of rotatable bonds is 0. The van der Waals surface area contributed by atoms with Gasteiger partial charge in [-0.1, -0.05) is 0 Å². The Morgan fingerprint density at radius 3 is 0.667 bits per heavy atom. The van der Waals surface area contributed by atoms with Crippen molar-refractivity contribution in [2.45, 2.75) is 0 Å². The van der Waals surface area contributed by atoms with Crippen LogP contribution in [-0.2, 0) is 0 Å². The number of hydrogen-bond donors (Lipinski definition) is 0. The van der Waals surface area contributed by atoms with E-state index in [1.807, 2.05) is 0 Å². The molecule has 7 N–H and O–H groups in total. The smallest absolute Gasteiger partial charge is 0.870 e. The van der Waals surface area contributed by atoms with Crippen LogP contribution in [0.25, 0.3) is 0 Å². The molecule has 6 heteroatoms. The fourth-order valence-electron chi connectivity index (χ4n) is 0. The van der Waals surface area contributed by atoms with E-state index in [1.54, 1.807) is 0 Å². The zero-order valence-electron chi connectivity index (χ0n) is 3.39. The molecule has 6 heavy (non-hydrogen) atoms. The molecule has 37 valence electrons. The maximum atomic E-state index is 0. The van der Waals surface area contributed by atoms with Crippen molar-refractivity contribution in [2.24, 2.45) is 0 Å². The average molecular weight is 216 g/mol. The molecule has 0 aliphatic carbocycles. The maximum absolute atomic E-state index is 0. The number of hydrogen-bond acceptors (Lipinski definition) is 1.